The van der Waals surface area contributed by atoms with E-state index in [-0.39, 0.29) is 5.41 Å². The third kappa shape index (κ3) is 1.30. The molecule has 1 aromatic carbocycles. The molecule has 0 nitrogen and oxygen atoms in total. The summed E-state index contributed by atoms with van der Waals surface area (Å²) in [7, 11) is 0. The van der Waals surface area contributed by atoms with E-state index in [1.165, 1.54) is 48.8 Å². The van der Waals surface area contributed by atoms with E-state index in [0.29, 0.717) is 0 Å². The van der Waals surface area contributed by atoms with Crippen LogP contribution in [0, 0.1) is 29.1 Å². The van der Waals surface area contributed by atoms with Crippen molar-refractivity contribution >= 4 is 17.2 Å². The third-order valence-corrected chi connectivity index (χ3v) is 9.22. The van der Waals surface area contributed by atoms with Crippen LogP contribution in [-0.2, 0) is 5.41 Å². The highest BCUT2D eigenvalue weighted by atomic mass is 35.5. The number of rotatable bonds is 0. The van der Waals surface area contributed by atoms with Gasteiger partial charge in [-0.05, 0) is 96.1 Å². The maximum Gasteiger partial charge on any atom is 0.0415 e. The molecule has 1 aromatic rings. The lowest BCUT2D eigenvalue weighted by Crippen LogP contribution is -2.45. The lowest BCUT2D eigenvalue weighted by Gasteiger charge is -2.50. The highest BCUT2D eigenvalue weighted by Crippen LogP contribution is 2.82. The van der Waals surface area contributed by atoms with Gasteiger partial charge in [0.25, 0.3) is 0 Å². The molecule has 25 heavy (non-hydrogen) atoms. The number of fused-ring (bicyclic) bond motifs is 9. The molecule has 0 saturated heterocycles. The predicted molar refractivity (Wildman–Crippen MR) is 101 cm³/mol. The maximum atomic E-state index is 6.57. The number of hydrogen-bond acceptors (Lipinski definition) is 0. The van der Waals surface area contributed by atoms with Crippen molar-refractivity contribution in [3.63, 3.8) is 0 Å². The summed E-state index contributed by atoms with van der Waals surface area (Å²) in [5, 5.41) is 0.864. The summed E-state index contributed by atoms with van der Waals surface area (Å²) < 4.78 is 0. The van der Waals surface area contributed by atoms with Crippen LogP contribution >= 0.6 is 11.6 Å². The summed E-state index contributed by atoms with van der Waals surface area (Å²) in [4.78, 5) is 0. The summed E-state index contributed by atoms with van der Waals surface area (Å²) in [5.41, 5.74) is 10.4. The molecule has 0 radical (unpaired) electrons. The van der Waals surface area contributed by atoms with Gasteiger partial charge in [0, 0.05) is 16.0 Å². The lowest BCUT2D eigenvalue weighted by molar-refractivity contribution is -0.00187. The molecule has 6 aliphatic rings. The average Bonchev–Trinajstić information content (AvgIpc) is 3.03. The van der Waals surface area contributed by atoms with Crippen molar-refractivity contribution < 1.29 is 0 Å². The van der Waals surface area contributed by atoms with Crippen LogP contribution in [0.1, 0.15) is 43.2 Å². The average molecular weight is 345 g/mol. The second-order valence-electron chi connectivity index (χ2n) is 9.35. The Morgan fingerprint density at radius 1 is 0.960 bits per heavy atom. The number of benzene rings is 1. The molecule has 0 heterocycles. The van der Waals surface area contributed by atoms with Crippen LogP contribution in [0.15, 0.2) is 58.8 Å². The molecule has 1 heteroatoms. The molecule has 6 aliphatic carbocycles. The van der Waals surface area contributed by atoms with Gasteiger partial charge < -0.3 is 0 Å². The van der Waals surface area contributed by atoms with Crippen LogP contribution in [0.3, 0.4) is 0 Å². The lowest BCUT2D eigenvalue weighted by atomic mass is 9.53. The standard InChI is InChI=1S/C24H21Cl/c25-18-4-3-6-20-19-5-1-2-7-21(19)24(22(20)11-18)16-9-14-8-15-10-17(24)13-23(14,15)12-16/h1-5,7,11,14-17H,8-10,12-13H2. The molecule has 0 amide bonds. The zero-order valence-electron chi connectivity index (χ0n) is 14.3. The molecular formula is C24H21Cl. The van der Waals surface area contributed by atoms with Crippen LogP contribution < -0.4 is 0 Å². The minimum absolute atomic E-state index is 0.207. The topological polar surface area (TPSA) is 0 Å². The van der Waals surface area contributed by atoms with Gasteiger partial charge in [0.1, 0.15) is 0 Å². The molecule has 2 spiro atoms. The van der Waals surface area contributed by atoms with Gasteiger partial charge in [0.2, 0.25) is 0 Å². The molecule has 4 saturated carbocycles. The van der Waals surface area contributed by atoms with Gasteiger partial charge in [-0.2, -0.15) is 0 Å². The van der Waals surface area contributed by atoms with Crippen molar-refractivity contribution in [2.75, 3.05) is 0 Å². The van der Waals surface area contributed by atoms with Gasteiger partial charge in [-0.15, -0.1) is 5.73 Å². The molecule has 7 rings (SSSR count). The third-order valence-electron chi connectivity index (χ3n) is 8.98. The summed E-state index contributed by atoms with van der Waals surface area (Å²) in [6, 6.07) is 9.19. The molecule has 0 aromatic heterocycles. The van der Waals surface area contributed by atoms with E-state index in [2.05, 4.69) is 36.1 Å². The minimum Gasteiger partial charge on any atom is -0.112 e. The normalized spacial score (nSPS) is 46.8. The van der Waals surface area contributed by atoms with Crippen molar-refractivity contribution in [3.05, 3.63) is 70.0 Å². The van der Waals surface area contributed by atoms with Crippen molar-refractivity contribution in [3.8, 4) is 0 Å². The molecule has 0 N–H and O–H groups in total. The van der Waals surface area contributed by atoms with Gasteiger partial charge in [-0.1, -0.05) is 35.9 Å². The molecule has 0 aliphatic heterocycles. The molecule has 4 fully saturated rings. The quantitative estimate of drug-likeness (QED) is 0.507. The minimum atomic E-state index is 0.207. The van der Waals surface area contributed by atoms with E-state index in [1.54, 1.807) is 5.56 Å². The first-order chi connectivity index (χ1) is 12.2. The van der Waals surface area contributed by atoms with Crippen molar-refractivity contribution in [2.24, 2.45) is 29.1 Å². The van der Waals surface area contributed by atoms with E-state index in [4.69, 9.17) is 11.6 Å². The first kappa shape index (κ1) is 13.7. The Morgan fingerprint density at radius 2 is 1.68 bits per heavy atom. The van der Waals surface area contributed by atoms with Gasteiger partial charge >= 0.3 is 0 Å². The van der Waals surface area contributed by atoms with E-state index in [9.17, 15) is 0 Å². The second kappa shape index (κ2) is 4.08. The fraction of sp³-hybridized carbons (Fsp3) is 0.458. The van der Waals surface area contributed by atoms with Gasteiger partial charge in [0.05, 0.1) is 0 Å². The fourth-order valence-electron chi connectivity index (χ4n) is 8.37. The molecule has 124 valence electrons. The summed E-state index contributed by atoms with van der Waals surface area (Å²) in [6.07, 6.45) is 13.6. The first-order valence-electron chi connectivity index (χ1n) is 9.88. The summed E-state index contributed by atoms with van der Waals surface area (Å²) >= 11 is 6.57. The largest absolute Gasteiger partial charge is 0.112 e. The zero-order chi connectivity index (χ0) is 16.4. The zero-order valence-corrected chi connectivity index (χ0v) is 15.0. The maximum absolute atomic E-state index is 6.57. The van der Waals surface area contributed by atoms with E-state index < -0.39 is 0 Å². The van der Waals surface area contributed by atoms with Crippen LogP contribution in [0.2, 0.25) is 0 Å². The Bertz CT molecular complexity index is 944. The van der Waals surface area contributed by atoms with E-state index in [0.717, 1.165) is 34.1 Å². The highest BCUT2D eigenvalue weighted by molar-refractivity contribution is 6.31. The molecular weight excluding hydrogens is 324 g/mol. The van der Waals surface area contributed by atoms with Crippen molar-refractivity contribution in [1.82, 2.24) is 0 Å². The number of halogens is 1. The van der Waals surface area contributed by atoms with Crippen LogP contribution in [0.4, 0.5) is 0 Å². The van der Waals surface area contributed by atoms with Crippen molar-refractivity contribution in [2.45, 2.75) is 37.5 Å². The van der Waals surface area contributed by atoms with Crippen LogP contribution in [-0.4, -0.2) is 0 Å². The Morgan fingerprint density at radius 3 is 2.48 bits per heavy atom. The summed E-state index contributed by atoms with van der Waals surface area (Å²) in [5.74, 6) is 3.64. The molecule has 3 bridgehead atoms. The molecule has 4 atom stereocenters. The van der Waals surface area contributed by atoms with Gasteiger partial charge in [0.15, 0.2) is 0 Å². The Labute approximate surface area is 154 Å². The first-order valence-corrected chi connectivity index (χ1v) is 10.3. The second-order valence-corrected chi connectivity index (χ2v) is 9.78. The Kier molecular flexibility index (Phi) is 2.23. The Hall–Kier alpha value is -1.49. The van der Waals surface area contributed by atoms with Gasteiger partial charge in [-0.25, -0.2) is 0 Å². The van der Waals surface area contributed by atoms with Crippen LogP contribution in [0.25, 0.3) is 5.57 Å². The summed E-state index contributed by atoms with van der Waals surface area (Å²) in [6.45, 7) is 0. The number of hydrogen-bond donors (Lipinski definition) is 0. The predicted octanol–water partition coefficient (Wildman–Crippen LogP) is 6.00. The van der Waals surface area contributed by atoms with Crippen molar-refractivity contribution in [1.29, 1.82) is 0 Å². The van der Waals surface area contributed by atoms with E-state index >= 15 is 0 Å². The van der Waals surface area contributed by atoms with Crippen LogP contribution in [0.5, 0.6) is 0 Å². The Balaban J connectivity index is 1.58. The van der Waals surface area contributed by atoms with Gasteiger partial charge in [-0.3, -0.25) is 0 Å². The number of allylic oxidation sites excluding steroid dienone is 5. The monoisotopic (exact) mass is 344 g/mol. The molecule has 4 unspecified atom stereocenters. The smallest absolute Gasteiger partial charge is 0.0415 e. The highest BCUT2D eigenvalue weighted by Gasteiger charge is 2.74. The SMILES string of the molecule is ClC1=CC=C=C2C(=C1)C1(c3ccccc32)C2CC3CC4CC1CC34C2. The fourth-order valence-corrected chi connectivity index (χ4v) is 8.54. The van der Waals surface area contributed by atoms with E-state index in [1.807, 2.05) is 12.2 Å².